The van der Waals surface area contributed by atoms with Crippen LogP contribution in [0.5, 0.6) is 0 Å². The molecule has 0 radical (unpaired) electrons. The molecule has 19 heavy (non-hydrogen) atoms. The van der Waals surface area contributed by atoms with Crippen LogP contribution in [0, 0.1) is 5.82 Å². The van der Waals surface area contributed by atoms with Gasteiger partial charge in [0.25, 0.3) is 6.43 Å². The third-order valence-corrected chi connectivity index (χ3v) is 2.93. The van der Waals surface area contributed by atoms with Gasteiger partial charge in [-0.25, -0.2) is 13.2 Å². The van der Waals surface area contributed by atoms with E-state index in [1.807, 2.05) is 0 Å². The number of alkyl halides is 2. The molecule has 108 valence electrons. The van der Waals surface area contributed by atoms with Gasteiger partial charge in [0.15, 0.2) is 0 Å². The summed E-state index contributed by atoms with van der Waals surface area (Å²) in [6.45, 7) is -0.454. The predicted molar refractivity (Wildman–Crippen MR) is 67.7 cm³/mol. The highest BCUT2D eigenvalue weighted by atomic mass is 35.5. The van der Waals surface area contributed by atoms with Gasteiger partial charge in [0.2, 0.25) is 0 Å². The van der Waals surface area contributed by atoms with E-state index in [2.05, 4.69) is 5.43 Å². The monoisotopic (exact) mass is 296 g/mol. The summed E-state index contributed by atoms with van der Waals surface area (Å²) in [5.74, 6) is 4.98. The molecule has 0 saturated heterocycles. The Morgan fingerprint density at radius 2 is 2.11 bits per heavy atom. The largest absolute Gasteiger partial charge is 0.375 e. The van der Waals surface area contributed by atoms with Crippen molar-refractivity contribution in [2.24, 2.45) is 5.84 Å². The Morgan fingerprint density at radius 3 is 2.74 bits per heavy atom. The Bertz CT molecular complexity index is 393. The Kier molecular flexibility index (Phi) is 7.15. The van der Waals surface area contributed by atoms with Crippen LogP contribution in [0.4, 0.5) is 13.2 Å². The van der Waals surface area contributed by atoms with Gasteiger partial charge in [-0.3, -0.25) is 11.3 Å². The fourth-order valence-corrected chi connectivity index (χ4v) is 1.80. The first-order valence-electron chi connectivity index (χ1n) is 5.79. The van der Waals surface area contributed by atoms with E-state index in [0.29, 0.717) is 23.4 Å². The number of hydrazine groups is 1. The van der Waals surface area contributed by atoms with Gasteiger partial charge in [0, 0.05) is 17.7 Å². The number of rotatable bonds is 8. The molecule has 0 aliphatic rings. The smallest absolute Gasteiger partial charge is 0.261 e. The van der Waals surface area contributed by atoms with Gasteiger partial charge in [-0.15, -0.1) is 0 Å². The molecule has 0 amide bonds. The minimum absolute atomic E-state index is 0.145. The quantitative estimate of drug-likeness (QED) is 0.440. The maximum atomic E-state index is 13.1. The topological polar surface area (TPSA) is 47.3 Å². The highest BCUT2D eigenvalue weighted by Gasteiger charge is 2.12. The third-order valence-electron chi connectivity index (χ3n) is 2.56. The van der Waals surface area contributed by atoms with Gasteiger partial charge in [-0.1, -0.05) is 11.6 Å². The molecule has 1 unspecified atom stereocenters. The lowest BCUT2D eigenvalue weighted by molar-refractivity contribution is 0.0144. The van der Waals surface area contributed by atoms with Gasteiger partial charge in [-0.05, 0) is 36.6 Å². The van der Waals surface area contributed by atoms with Gasteiger partial charge in [-0.2, -0.15) is 0 Å². The van der Waals surface area contributed by atoms with Gasteiger partial charge in [0.05, 0.1) is 0 Å². The standard InChI is InChI=1S/C12H16ClF3N2O/c13-11-2-1-9(14)5-8(11)6-10(18-17)3-4-19-7-12(15)16/h1-2,5,10,12,18H,3-4,6-7,17H2. The van der Waals surface area contributed by atoms with Crippen molar-refractivity contribution in [3.05, 3.63) is 34.6 Å². The van der Waals surface area contributed by atoms with Crippen molar-refractivity contribution in [2.75, 3.05) is 13.2 Å². The molecule has 1 aromatic carbocycles. The SMILES string of the molecule is NNC(CCOCC(F)F)Cc1cc(F)ccc1Cl. The fraction of sp³-hybridized carbons (Fsp3) is 0.500. The Hall–Kier alpha value is -0.820. The molecular weight excluding hydrogens is 281 g/mol. The zero-order valence-electron chi connectivity index (χ0n) is 10.2. The molecule has 0 saturated carbocycles. The van der Waals surface area contributed by atoms with E-state index >= 15 is 0 Å². The lowest BCUT2D eigenvalue weighted by atomic mass is 10.0. The second-order valence-corrected chi connectivity index (χ2v) is 4.47. The molecule has 3 N–H and O–H groups in total. The summed E-state index contributed by atoms with van der Waals surface area (Å²) in [7, 11) is 0. The van der Waals surface area contributed by atoms with Gasteiger partial charge in [0.1, 0.15) is 12.4 Å². The molecule has 0 bridgehead atoms. The average Bonchev–Trinajstić information content (AvgIpc) is 2.37. The summed E-state index contributed by atoms with van der Waals surface area (Å²) in [5, 5.41) is 0.440. The van der Waals surface area contributed by atoms with E-state index in [1.165, 1.54) is 18.2 Å². The first kappa shape index (κ1) is 16.2. The molecule has 0 aliphatic heterocycles. The zero-order valence-corrected chi connectivity index (χ0v) is 11.0. The number of hydrogen-bond donors (Lipinski definition) is 2. The van der Waals surface area contributed by atoms with Crippen LogP contribution in [0.1, 0.15) is 12.0 Å². The lowest BCUT2D eigenvalue weighted by Gasteiger charge is -2.16. The predicted octanol–water partition coefficient (Wildman–Crippen LogP) is 2.53. The number of ether oxygens (including phenoxy) is 1. The molecule has 0 spiro atoms. The highest BCUT2D eigenvalue weighted by Crippen LogP contribution is 2.19. The molecule has 1 rings (SSSR count). The van der Waals surface area contributed by atoms with Crippen LogP contribution in [0.2, 0.25) is 5.02 Å². The van der Waals surface area contributed by atoms with Gasteiger partial charge < -0.3 is 4.74 Å². The van der Waals surface area contributed by atoms with Gasteiger partial charge >= 0.3 is 0 Å². The van der Waals surface area contributed by atoms with E-state index in [9.17, 15) is 13.2 Å². The summed E-state index contributed by atoms with van der Waals surface area (Å²) >= 11 is 5.93. The Balaban J connectivity index is 2.45. The number of benzene rings is 1. The number of halogens is 4. The molecule has 7 heteroatoms. The van der Waals surface area contributed by atoms with Crippen LogP contribution >= 0.6 is 11.6 Å². The van der Waals surface area contributed by atoms with Crippen LogP contribution in [0.3, 0.4) is 0 Å². The van der Waals surface area contributed by atoms with E-state index in [4.69, 9.17) is 22.2 Å². The molecule has 0 aliphatic carbocycles. The number of hydrogen-bond acceptors (Lipinski definition) is 3. The second kappa shape index (κ2) is 8.37. The average molecular weight is 297 g/mol. The molecule has 0 aromatic heterocycles. The van der Waals surface area contributed by atoms with E-state index in [1.54, 1.807) is 0 Å². The van der Waals surface area contributed by atoms with Crippen molar-refractivity contribution in [1.29, 1.82) is 0 Å². The summed E-state index contributed by atoms with van der Waals surface area (Å²) in [4.78, 5) is 0. The minimum atomic E-state index is -2.48. The van der Waals surface area contributed by atoms with E-state index in [-0.39, 0.29) is 18.5 Å². The van der Waals surface area contributed by atoms with Crippen molar-refractivity contribution < 1.29 is 17.9 Å². The molecule has 3 nitrogen and oxygen atoms in total. The zero-order chi connectivity index (χ0) is 14.3. The molecule has 0 heterocycles. The maximum absolute atomic E-state index is 13.1. The van der Waals surface area contributed by atoms with Crippen molar-refractivity contribution >= 4 is 11.6 Å². The highest BCUT2D eigenvalue weighted by molar-refractivity contribution is 6.31. The van der Waals surface area contributed by atoms with Crippen molar-refractivity contribution in [3.8, 4) is 0 Å². The van der Waals surface area contributed by atoms with Crippen LogP contribution in [0.15, 0.2) is 18.2 Å². The molecule has 1 atom stereocenters. The Morgan fingerprint density at radius 1 is 1.37 bits per heavy atom. The first-order chi connectivity index (χ1) is 9.02. The number of nitrogens with one attached hydrogen (secondary N) is 1. The summed E-state index contributed by atoms with van der Waals surface area (Å²) in [6.07, 6.45) is -1.66. The van der Waals surface area contributed by atoms with Crippen LogP contribution in [-0.4, -0.2) is 25.7 Å². The summed E-state index contributed by atoms with van der Waals surface area (Å²) in [6, 6.07) is 3.83. The van der Waals surface area contributed by atoms with Crippen LogP contribution < -0.4 is 11.3 Å². The van der Waals surface area contributed by atoms with Crippen LogP contribution in [0.25, 0.3) is 0 Å². The van der Waals surface area contributed by atoms with Crippen molar-refractivity contribution in [3.63, 3.8) is 0 Å². The minimum Gasteiger partial charge on any atom is -0.375 e. The van der Waals surface area contributed by atoms with E-state index in [0.717, 1.165) is 0 Å². The molecule has 1 aromatic rings. The first-order valence-corrected chi connectivity index (χ1v) is 6.16. The number of nitrogens with two attached hydrogens (primary N) is 1. The lowest BCUT2D eigenvalue weighted by Crippen LogP contribution is -2.37. The van der Waals surface area contributed by atoms with E-state index < -0.39 is 13.0 Å². The molecular formula is C12H16ClF3N2O. The van der Waals surface area contributed by atoms with Crippen molar-refractivity contribution in [1.82, 2.24) is 5.43 Å². The Labute approximate surface area is 114 Å². The second-order valence-electron chi connectivity index (χ2n) is 4.06. The summed E-state index contributed by atoms with van der Waals surface area (Å²) in [5.41, 5.74) is 3.15. The third kappa shape index (κ3) is 6.24. The molecule has 0 fully saturated rings. The normalized spacial score (nSPS) is 12.9. The summed E-state index contributed by atoms with van der Waals surface area (Å²) < 4.78 is 41.6. The fourth-order valence-electron chi connectivity index (χ4n) is 1.61. The van der Waals surface area contributed by atoms with Crippen molar-refractivity contribution in [2.45, 2.75) is 25.3 Å². The van der Waals surface area contributed by atoms with Crippen LogP contribution in [-0.2, 0) is 11.2 Å². The maximum Gasteiger partial charge on any atom is 0.261 e.